The van der Waals surface area contributed by atoms with Crippen molar-refractivity contribution in [3.8, 4) is 0 Å². The van der Waals surface area contributed by atoms with Crippen LogP contribution in [0.4, 0.5) is 13.2 Å². The third kappa shape index (κ3) is 2.04. The molecule has 1 aliphatic rings. The molecule has 0 bridgehead atoms. The van der Waals surface area contributed by atoms with Crippen molar-refractivity contribution in [2.24, 2.45) is 0 Å². The Morgan fingerprint density at radius 2 is 1.91 bits per heavy atom. The van der Waals surface area contributed by atoms with Gasteiger partial charge in [0.05, 0.1) is 0 Å². The zero-order valence-electron chi connectivity index (χ0n) is 4.96. The van der Waals surface area contributed by atoms with E-state index in [2.05, 4.69) is 8.37 Å². The van der Waals surface area contributed by atoms with Crippen LogP contribution in [-0.2, 0) is 18.8 Å². The summed E-state index contributed by atoms with van der Waals surface area (Å²) < 4.78 is 62.4. The molecule has 0 amide bonds. The summed E-state index contributed by atoms with van der Waals surface area (Å²) in [4.78, 5) is 0. The average Bonchev–Trinajstić information content (AvgIpc) is 2.07. The van der Waals surface area contributed by atoms with Gasteiger partial charge in [-0.05, 0) is 0 Å². The molecule has 1 atom stereocenters. The molecule has 1 aliphatic heterocycles. The molecule has 4 nitrogen and oxygen atoms in total. The van der Waals surface area contributed by atoms with E-state index in [1.54, 1.807) is 0 Å². The zero-order chi connectivity index (χ0) is 8.70. The lowest BCUT2D eigenvalue weighted by atomic mass is 10.4. The minimum Gasteiger partial charge on any atom is -0.245 e. The fourth-order valence-corrected chi connectivity index (χ4v) is 1.29. The molecule has 0 aromatic heterocycles. The normalized spacial score (nSPS) is 30.6. The van der Waals surface area contributed by atoms with Gasteiger partial charge in [0.2, 0.25) is 0 Å². The minimum atomic E-state index is -4.69. The molecule has 11 heavy (non-hydrogen) atoms. The SMILES string of the molecule is O=S1(=O)OCC(C(F)(F)F)O1. The third-order valence-electron chi connectivity index (χ3n) is 0.963. The molecule has 1 rings (SSSR count). The van der Waals surface area contributed by atoms with E-state index >= 15 is 0 Å². The van der Waals surface area contributed by atoms with Gasteiger partial charge < -0.3 is 0 Å². The smallest absolute Gasteiger partial charge is 0.245 e. The number of halogens is 3. The highest BCUT2D eigenvalue weighted by atomic mass is 32.3. The molecule has 1 saturated heterocycles. The van der Waals surface area contributed by atoms with E-state index < -0.39 is 29.3 Å². The van der Waals surface area contributed by atoms with E-state index in [0.717, 1.165) is 0 Å². The van der Waals surface area contributed by atoms with Crippen molar-refractivity contribution < 1.29 is 30.0 Å². The van der Waals surface area contributed by atoms with E-state index in [-0.39, 0.29) is 0 Å². The van der Waals surface area contributed by atoms with Gasteiger partial charge in [-0.2, -0.15) is 21.6 Å². The predicted octanol–water partition coefficient (Wildman–Crippen LogP) is 0.209. The molecule has 0 N–H and O–H groups in total. The lowest BCUT2D eigenvalue weighted by molar-refractivity contribution is -0.189. The average molecular weight is 192 g/mol. The van der Waals surface area contributed by atoms with Crippen LogP contribution in [-0.4, -0.2) is 27.3 Å². The first-order chi connectivity index (χ1) is 4.81. The largest absolute Gasteiger partial charge is 0.418 e. The maximum absolute atomic E-state index is 11.6. The Bertz CT molecular complexity index is 242. The molecule has 0 aliphatic carbocycles. The Hall–Kier alpha value is -0.340. The fraction of sp³-hybridized carbons (Fsp3) is 1.00. The maximum Gasteiger partial charge on any atom is 0.418 e. The van der Waals surface area contributed by atoms with Crippen molar-refractivity contribution >= 4 is 10.4 Å². The van der Waals surface area contributed by atoms with Gasteiger partial charge >= 0.3 is 16.6 Å². The lowest BCUT2D eigenvalue weighted by Gasteiger charge is -2.08. The molecular formula is C3H3F3O4S. The molecular weight excluding hydrogens is 189 g/mol. The van der Waals surface area contributed by atoms with Crippen LogP contribution in [0.15, 0.2) is 0 Å². The fourth-order valence-electron chi connectivity index (χ4n) is 0.492. The van der Waals surface area contributed by atoms with Crippen LogP contribution in [0.5, 0.6) is 0 Å². The molecule has 66 valence electrons. The van der Waals surface area contributed by atoms with Crippen molar-refractivity contribution in [2.75, 3.05) is 6.61 Å². The van der Waals surface area contributed by atoms with E-state index in [1.165, 1.54) is 0 Å². The zero-order valence-corrected chi connectivity index (χ0v) is 5.78. The highest BCUT2D eigenvalue weighted by Gasteiger charge is 2.49. The predicted molar refractivity (Wildman–Crippen MR) is 25.8 cm³/mol. The van der Waals surface area contributed by atoms with Crippen molar-refractivity contribution in [3.05, 3.63) is 0 Å². The second-order valence-corrected chi connectivity index (χ2v) is 3.06. The Balaban J connectivity index is 2.70. The van der Waals surface area contributed by atoms with E-state index in [4.69, 9.17) is 0 Å². The van der Waals surface area contributed by atoms with Crippen molar-refractivity contribution in [1.82, 2.24) is 0 Å². The van der Waals surface area contributed by atoms with Crippen LogP contribution in [0, 0.1) is 0 Å². The van der Waals surface area contributed by atoms with Gasteiger partial charge in [-0.3, -0.25) is 0 Å². The van der Waals surface area contributed by atoms with Crippen LogP contribution >= 0.6 is 0 Å². The summed E-state index contributed by atoms with van der Waals surface area (Å²) in [6.07, 6.45) is -7.05. The minimum absolute atomic E-state index is 0.994. The number of rotatable bonds is 0. The number of hydrogen-bond donors (Lipinski definition) is 0. The molecule has 0 saturated carbocycles. The van der Waals surface area contributed by atoms with Gasteiger partial charge in [0, 0.05) is 0 Å². The Kier molecular flexibility index (Phi) is 1.85. The second-order valence-electron chi connectivity index (χ2n) is 1.82. The van der Waals surface area contributed by atoms with Gasteiger partial charge in [-0.1, -0.05) is 0 Å². The maximum atomic E-state index is 11.6. The van der Waals surface area contributed by atoms with Crippen molar-refractivity contribution in [2.45, 2.75) is 12.3 Å². The summed E-state index contributed by atoms with van der Waals surface area (Å²) in [6.45, 7) is -0.994. The van der Waals surface area contributed by atoms with E-state index in [0.29, 0.717) is 0 Å². The summed E-state index contributed by atoms with van der Waals surface area (Å²) >= 11 is 0. The summed E-state index contributed by atoms with van der Waals surface area (Å²) in [5, 5.41) is 0. The van der Waals surface area contributed by atoms with Gasteiger partial charge in [0.25, 0.3) is 0 Å². The summed E-state index contributed by atoms with van der Waals surface area (Å²) in [5.41, 5.74) is 0. The first-order valence-electron chi connectivity index (χ1n) is 2.45. The first kappa shape index (κ1) is 8.75. The van der Waals surface area contributed by atoms with Gasteiger partial charge in [0.15, 0.2) is 6.10 Å². The van der Waals surface area contributed by atoms with E-state index in [9.17, 15) is 21.6 Å². The summed E-state index contributed by atoms with van der Waals surface area (Å²) in [6, 6.07) is 0. The van der Waals surface area contributed by atoms with Crippen LogP contribution in [0.25, 0.3) is 0 Å². The summed E-state index contributed by atoms with van der Waals surface area (Å²) in [7, 11) is -4.40. The highest BCUT2D eigenvalue weighted by Crippen LogP contribution is 2.28. The van der Waals surface area contributed by atoms with Crippen molar-refractivity contribution in [3.63, 3.8) is 0 Å². The Morgan fingerprint density at radius 1 is 1.36 bits per heavy atom. The van der Waals surface area contributed by atoms with Crippen LogP contribution < -0.4 is 0 Å². The molecule has 1 heterocycles. The molecule has 1 fully saturated rings. The quantitative estimate of drug-likeness (QED) is 0.550. The van der Waals surface area contributed by atoms with Crippen molar-refractivity contribution in [1.29, 1.82) is 0 Å². The monoisotopic (exact) mass is 192 g/mol. The third-order valence-corrected chi connectivity index (χ3v) is 1.86. The summed E-state index contributed by atoms with van der Waals surface area (Å²) in [5.74, 6) is 0. The number of alkyl halides is 3. The molecule has 0 radical (unpaired) electrons. The molecule has 0 spiro atoms. The number of hydrogen-bond acceptors (Lipinski definition) is 4. The Labute approximate surface area is 60.2 Å². The van der Waals surface area contributed by atoms with Crippen LogP contribution in [0.3, 0.4) is 0 Å². The second kappa shape index (κ2) is 2.32. The molecule has 0 aromatic carbocycles. The molecule has 1 unspecified atom stereocenters. The molecule has 8 heteroatoms. The lowest BCUT2D eigenvalue weighted by Crippen LogP contribution is -2.30. The standard InChI is InChI=1S/C3H3F3O4S/c4-3(5,6)2-1-9-11(7,8)10-2/h2H,1H2. The van der Waals surface area contributed by atoms with Gasteiger partial charge in [0.1, 0.15) is 6.61 Å². The molecule has 0 aromatic rings. The highest BCUT2D eigenvalue weighted by molar-refractivity contribution is 7.82. The first-order valence-corrected chi connectivity index (χ1v) is 3.79. The topological polar surface area (TPSA) is 52.6 Å². The van der Waals surface area contributed by atoms with Crippen LogP contribution in [0.2, 0.25) is 0 Å². The Morgan fingerprint density at radius 3 is 2.09 bits per heavy atom. The van der Waals surface area contributed by atoms with Gasteiger partial charge in [-0.25, -0.2) is 8.37 Å². The van der Waals surface area contributed by atoms with Gasteiger partial charge in [-0.15, -0.1) is 0 Å². The van der Waals surface area contributed by atoms with E-state index in [1.807, 2.05) is 0 Å². The van der Waals surface area contributed by atoms with Crippen LogP contribution in [0.1, 0.15) is 0 Å².